The van der Waals surface area contributed by atoms with Crippen molar-refractivity contribution < 1.29 is 9.53 Å². The quantitative estimate of drug-likeness (QED) is 0.781. The van der Waals surface area contributed by atoms with E-state index in [1.807, 2.05) is 0 Å². The van der Waals surface area contributed by atoms with Crippen LogP contribution in [0.1, 0.15) is 12.0 Å². The van der Waals surface area contributed by atoms with Crippen LogP contribution < -0.4 is 10.1 Å². The van der Waals surface area contributed by atoms with Gasteiger partial charge in [0.05, 0.1) is 7.11 Å². The molecule has 2 rings (SSSR count). The van der Waals surface area contributed by atoms with Crippen molar-refractivity contribution in [2.75, 3.05) is 12.4 Å². The molecule has 18 heavy (non-hydrogen) atoms. The Labute approximate surface area is 103 Å². The molecule has 0 atom stereocenters. The van der Waals surface area contributed by atoms with Crippen LogP contribution in [0.25, 0.3) is 0 Å². The molecule has 0 saturated carbocycles. The minimum Gasteiger partial charge on any atom is -0.467 e. The Bertz CT molecular complexity index is 496. The van der Waals surface area contributed by atoms with Crippen molar-refractivity contribution in [3.8, 4) is 6.01 Å². The van der Waals surface area contributed by atoms with Crippen LogP contribution in [0.5, 0.6) is 6.01 Å². The van der Waals surface area contributed by atoms with Crippen LogP contribution in [0.4, 0.5) is 5.95 Å². The van der Waals surface area contributed by atoms with E-state index >= 15 is 0 Å². The standard InChI is InChI=1S/C10H12N6O2/c1-18-10-11-4-7(5-12-10)2-3-8(17)15-9-13-6-14-16-9/h4-6H,2-3H2,1H3,(H2,13,14,15,16,17). The number of nitrogens with one attached hydrogen (secondary N) is 2. The topological polar surface area (TPSA) is 106 Å². The molecule has 0 aliphatic carbocycles. The number of hydrogen-bond acceptors (Lipinski definition) is 6. The van der Waals surface area contributed by atoms with Crippen molar-refractivity contribution in [2.24, 2.45) is 0 Å². The first-order valence-corrected chi connectivity index (χ1v) is 5.28. The predicted molar refractivity (Wildman–Crippen MR) is 61.9 cm³/mol. The monoisotopic (exact) mass is 248 g/mol. The number of carbonyl (C=O) groups excluding carboxylic acids is 1. The molecule has 0 bridgehead atoms. The molecule has 8 nitrogen and oxygen atoms in total. The molecular weight excluding hydrogens is 236 g/mol. The highest BCUT2D eigenvalue weighted by atomic mass is 16.5. The van der Waals surface area contributed by atoms with Crippen molar-refractivity contribution in [3.63, 3.8) is 0 Å². The van der Waals surface area contributed by atoms with Gasteiger partial charge in [-0.3, -0.25) is 10.1 Å². The summed E-state index contributed by atoms with van der Waals surface area (Å²) in [6, 6.07) is 0.310. The maximum Gasteiger partial charge on any atom is 0.316 e. The molecule has 0 aliphatic rings. The summed E-state index contributed by atoms with van der Waals surface area (Å²) in [6.07, 6.45) is 5.45. The Morgan fingerprint density at radius 2 is 2.17 bits per heavy atom. The lowest BCUT2D eigenvalue weighted by atomic mass is 10.2. The maximum atomic E-state index is 11.5. The van der Waals surface area contributed by atoms with Gasteiger partial charge >= 0.3 is 6.01 Å². The number of H-pyrrole nitrogens is 1. The summed E-state index contributed by atoms with van der Waals surface area (Å²) >= 11 is 0. The number of methoxy groups -OCH3 is 1. The van der Waals surface area contributed by atoms with Gasteiger partial charge in [-0.05, 0) is 12.0 Å². The zero-order valence-electron chi connectivity index (χ0n) is 9.75. The minimum atomic E-state index is -0.150. The Hall–Kier alpha value is -2.51. The van der Waals surface area contributed by atoms with Gasteiger partial charge in [-0.15, -0.1) is 0 Å². The molecule has 0 fully saturated rings. The summed E-state index contributed by atoms with van der Waals surface area (Å²) in [6.45, 7) is 0. The van der Waals surface area contributed by atoms with Gasteiger partial charge in [0.1, 0.15) is 6.33 Å². The first kappa shape index (κ1) is 12.0. The minimum absolute atomic E-state index is 0.150. The summed E-state index contributed by atoms with van der Waals surface area (Å²) in [5.74, 6) is 0.188. The van der Waals surface area contributed by atoms with Gasteiger partial charge in [0, 0.05) is 18.8 Å². The van der Waals surface area contributed by atoms with Gasteiger partial charge in [0.2, 0.25) is 11.9 Å². The van der Waals surface area contributed by atoms with E-state index in [4.69, 9.17) is 4.74 Å². The summed E-state index contributed by atoms with van der Waals surface area (Å²) in [4.78, 5) is 23.3. The van der Waals surface area contributed by atoms with E-state index in [-0.39, 0.29) is 5.91 Å². The number of ether oxygens (including phenoxy) is 1. The van der Waals surface area contributed by atoms with E-state index in [1.54, 1.807) is 12.4 Å². The number of anilines is 1. The molecule has 2 N–H and O–H groups in total. The fraction of sp³-hybridized carbons (Fsp3) is 0.300. The first-order chi connectivity index (χ1) is 8.78. The lowest BCUT2D eigenvalue weighted by Gasteiger charge is -2.02. The number of aromatic nitrogens is 5. The molecule has 0 saturated heterocycles. The molecule has 0 aromatic carbocycles. The van der Waals surface area contributed by atoms with Gasteiger partial charge < -0.3 is 4.74 Å². The normalized spacial score (nSPS) is 10.1. The van der Waals surface area contributed by atoms with Crippen molar-refractivity contribution in [1.82, 2.24) is 25.1 Å². The molecule has 2 aromatic heterocycles. The van der Waals surface area contributed by atoms with E-state index in [0.29, 0.717) is 24.8 Å². The van der Waals surface area contributed by atoms with E-state index in [1.165, 1.54) is 13.4 Å². The van der Waals surface area contributed by atoms with Crippen molar-refractivity contribution in [3.05, 3.63) is 24.3 Å². The van der Waals surface area contributed by atoms with Crippen LogP contribution in [-0.4, -0.2) is 38.2 Å². The van der Waals surface area contributed by atoms with Crippen molar-refractivity contribution >= 4 is 11.9 Å². The third-order valence-electron chi connectivity index (χ3n) is 2.18. The number of nitrogens with zero attached hydrogens (tertiary/aromatic N) is 4. The summed E-state index contributed by atoms with van der Waals surface area (Å²) < 4.78 is 4.84. The van der Waals surface area contributed by atoms with Gasteiger partial charge in [0.15, 0.2) is 0 Å². The summed E-state index contributed by atoms with van der Waals surface area (Å²) in [5, 5.41) is 8.76. The number of hydrogen-bond donors (Lipinski definition) is 2. The van der Waals surface area contributed by atoms with Crippen LogP contribution in [0.15, 0.2) is 18.7 Å². The number of rotatable bonds is 5. The Morgan fingerprint density at radius 1 is 1.39 bits per heavy atom. The third kappa shape index (κ3) is 3.24. The van der Waals surface area contributed by atoms with Crippen LogP contribution in [0, 0.1) is 0 Å². The van der Waals surface area contributed by atoms with Crippen LogP contribution in [0.3, 0.4) is 0 Å². The fourth-order valence-electron chi connectivity index (χ4n) is 1.30. The highest BCUT2D eigenvalue weighted by Crippen LogP contribution is 2.05. The van der Waals surface area contributed by atoms with E-state index in [9.17, 15) is 4.79 Å². The Balaban J connectivity index is 1.81. The largest absolute Gasteiger partial charge is 0.467 e. The number of aryl methyl sites for hydroxylation is 1. The molecule has 0 aliphatic heterocycles. The molecule has 0 spiro atoms. The SMILES string of the molecule is COc1ncc(CCC(=O)Nc2ncn[nH]2)cn1. The van der Waals surface area contributed by atoms with Crippen LogP contribution >= 0.6 is 0 Å². The fourth-order valence-corrected chi connectivity index (χ4v) is 1.30. The highest BCUT2D eigenvalue weighted by molar-refractivity contribution is 5.88. The zero-order chi connectivity index (χ0) is 12.8. The maximum absolute atomic E-state index is 11.5. The lowest BCUT2D eigenvalue weighted by Crippen LogP contribution is -2.13. The van der Waals surface area contributed by atoms with Crippen molar-refractivity contribution in [1.29, 1.82) is 0 Å². The number of carbonyl (C=O) groups is 1. The van der Waals surface area contributed by atoms with Crippen molar-refractivity contribution in [2.45, 2.75) is 12.8 Å². The number of aromatic amines is 1. The first-order valence-electron chi connectivity index (χ1n) is 5.28. The summed E-state index contributed by atoms with van der Waals surface area (Å²) in [7, 11) is 1.50. The molecule has 8 heteroatoms. The second-order valence-corrected chi connectivity index (χ2v) is 3.46. The molecule has 0 unspecified atom stereocenters. The van der Waals surface area contributed by atoms with Gasteiger partial charge in [-0.25, -0.2) is 15.1 Å². The van der Waals surface area contributed by atoms with Crippen LogP contribution in [0.2, 0.25) is 0 Å². The second-order valence-electron chi connectivity index (χ2n) is 3.46. The van der Waals surface area contributed by atoms with Crippen LogP contribution in [-0.2, 0) is 11.2 Å². The van der Waals surface area contributed by atoms with Gasteiger partial charge in [-0.1, -0.05) is 0 Å². The van der Waals surface area contributed by atoms with E-state index in [2.05, 4.69) is 30.5 Å². The Kier molecular flexibility index (Phi) is 3.79. The molecule has 0 radical (unpaired) electrons. The zero-order valence-corrected chi connectivity index (χ0v) is 9.75. The smallest absolute Gasteiger partial charge is 0.316 e. The predicted octanol–water partition coefficient (Wildman–Crippen LogP) is 0.175. The average molecular weight is 248 g/mol. The van der Waals surface area contributed by atoms with Gasteiger partial charge in [-0.2, -0.15) is 10.1 Å². The second kappa shape index (κ2) is 5.71. The average Bonchev–Trinajstić information content (AvgIpc) is 2.90. The van der Waals surface area contributed by atoms with Gasteiger partial charge in [0.25, 0.3) is 0 Å². The highest BCUT2D eigenvalue weighted by Gasteiger charge is 2.05. The Morgan fingerprint density at radius 3 is 2.78 bits per heavy atom. The number of amides is 1. The third-order valence-corrected chi connectivity index (χ3v) is 2.18. The van der Waals surface area contributed by atoms with E-state index < -0.39 is 0 Å². The lowest BCUT2D eigenvalue weighted by molar-refractivity contribution is -0.116. The molecule has 94 valence electrons. The molecular formula is C10H12N6O2. The van der Waals surface area contributed by atoms with E-state index in [0.717, 1.165) is 5.56 Å². The molecule has 1 amide bonds. The summed E-state index contributed by atoms with van der Waals surface area (Å²) in [5.41, 5.74) is 0.864. The molecule has 2 heterocycles. The molecule has 2 aromatic rings.